The third-order valence-corrected chi connectivity index (χ3v) is 3.63. The van der Waals surface area contributed by atoms with Crippen molar-refractivity contribution in [3.63, 3.8) is 0 Å². The van der Waals surface area contributed by atoms with Gasteiger partial charge in [0, 0.05) is 11.0 Å². The monoisotopic (exact) mass is 325 g/mol. The van der Waals surface area contributed by atoms with Gasteiger partial charge in [-0.15, -0.1) is 0 Å². The average Bonchev–Trinajstić information content (AvgIpc) is 2.51. The van der Waals surface area contributed by atoms with Gasteiger partial charge >= 0.3 is 29.6 Å². The fraction of sp³-hybridized carbons (Fsp3) is 0.389. The summed E-state index contributed by atoms with van der Waals surface area (Å²) in [7, 11) is 0. The predicted octanol–water partition coefficient (Wildman–Crippen LogP) is 0.156. The van der Waals surface area contributed by atoms with E-state index in [1.165, 1.54) is 0 Å². The molecule has 0 radical (unpaired) electrons. The summed E-state index contributed by atoms with van der Waals surface area (Å²) in [4.78, 5) is 12.4. The van der Waals surface area contributed by atoms with E-state index in [2.05, 4.69) is 0 Å². The fourth-order valence-corrected chi connectivity index (χ4v) is 2.09. The van der Waals surface area contributed by atoms with Gasteiger partial charge in [0.25, 0.3) is 0 Å². The van der Waals surface area contributed by atoms with Crippen LogP contribution in [-0.2, 0) is 4.74 Å². The van der Waals surface area contributed by atoms with Crippen LogP contribution in [0.25, 0.3) is 10.8 Å². The molecule has 2 aromatic carbocycles. The molecule has 0 heterocycles. The minimum atomic E-state index is -0.569. The van der Waals surface area contributed by atoms with Gasteiger partial charge in [-0.2, -0.15) is 0 Å². The molecule has 2 N–H and O–H groups in total. The van der Waals surface area contributed by atoms with Gasteiger partial charge < -0.3 is 14.9 Å². The van der Waals surface area contributed by atoms with E-state index in [9.17, 15) is 15.0 Å². The normalized spacial score (nSPS) is 12.7. The van der Waals surface area contributed by atoms with Gasteiger partial charge in [0.15, 0.2) is 5.78 Å². The number of hydrogen-bond acceptors (Lipinski definition) is 4. The van der Waals surface area contributed by atoms with Crippen LogP contribution in [0.15, 0.2) is 36.4 Å². The molecule has 2 aromatic rings. The van der Waals surface area contributed by atoms with Gasteiger partial charge in [0.1, 0.15) is 11.9 Å². The molecule has 0 saturated heterocycles. The number of Topliss-reactive ketones (excluding diaryl/α,β-unsaturated/α-hetero) is 1. The van der Waals surface area contributed by atoms with Gasteiger partial charge in [-0.25, -0.2) is 0 Å². The standard InChI is InChI=1S/C18H22O4.Na/c1-12(22-11-18(2,3)10-19)17(21)15-5-4-14-9-16(20)7-6-13(14)8-15;/h4-9,12,19-20H,10-11H2,1-3H3;/q;+1. The van der Waals surface area contributed by atoms with Crippen molar-refractivity contribution in [3.05, 3.63) is 42.0 Å². The van der Waals surface area contributed by atoms with Crippen LogP contribution in [0.1, 0.15) is 31.1 Å². The number of phenolic OH excluding ortho intramolecular Hbond substituents is 1. The van der Waals surface area contributed by atoms with E-state index in [0.717, 1.165) is 10.8 Å². The molecule has 2 rings (SSSR count). The Kier molecular flexibility index (Phi) is 7.24. The molecular formula is C18H22NaO4+. The Morgan fingerprint density at radius 3 is 2.43 bits per heavy atom. The zero-order valence-electron chi connectivity index (χ0n) is 14.2. The zero-order valence-corrected chi connectivity index (χ0v) is 16.2. The Hall–Kier alpha value is -0.910. The third kappa shape index (κ3) is 5.30. The number of carbonyl (C=O) groups excluding carboxylic acids is 1. The van der Waals surface area contributed by atoms with Crippen LogP contribution in [0.4, 0.5) is 0 Å². The number of aromatic hydroxyl groups is 1. The minimum Gasteiger partial charge on any atom is -0.508 e. The number of phenols is 1. The number of benzene rings is 2. The van der Waals surface area contributed by atoms with Crippen molar-refractivity contribution in [2.75, 3.05) is 13.2 Å². The first-order valence-corrected chi connectivity index (χ1v) is 7.32. The van der Waals surface area contributed by atoms with Crippen LogP contribution in [-0.4, -0.2) is 35.3 Å². The number of fused-ring (bicyclic) bond motifs is 1. The van der Waals surface area contributed by atoms with Crippen molar-refractivity contribution in [2.24, 2.45) is 5.41 Å². The molecule has 0 aliphatic carbocycles. The summed E-state index contributed by atoms with van der Waals surface area (Å²) in [5.74, 6) is 0.109. The van der Waals surface area contributed by atoms with Crippen molar-refractivity contribution in [2.45, 2.75) is 26.9 Å². The van der Waals surface area contributed by atoms with Crippen LogP contribution in [0, 0.1) is 5.41 Å². The summed E-state index contributed by atoms with van der Waals surface area (Å²) in [6.07, 6.45) is -0.569. The van der Waals surface area contributed by atoms with Crippen molar-refractivity contribution in [1.29, 1.82) is 0 Å². The Morgan fingerprint density at radius 1 is 1.17 bits per heavy atom. The summed E-state index contributed by atoms with van der Waals surface area (Å²) < 4.78 is 5.60. The molecule has 0 amide bonds. The summed E-state index contributed by atoms with van der Waals surface area (Å²) in [5, 5.41) is 20.5. The summed E-state index contributed by atoms with van der Waals surface area (Å²) in [5.41, 5.74) is 0.211. The van der Waals surface area contributed by atoms with Crippen molar-refractivity contribution in [1.82, 2.24) is 0 Å². The molecule has 5 heteroatoms. The quantitative estimate of drug-likeness (QED) is 0.586. The van der Waals surface area contributed by atoms with Crippen LogP contribution in [0.5, 0.6) is 5.75 Å². The average molecular weight is 325 g/mol. The second-order valence-electron chi connectivity index (χ2n) is 6.39. The molecule has 0 bridgehead atoms. The molecule has 0 aromatic heterocycles. The second-order valence-corrected chi connectivity index (χ2v) is 6.39. The number of ketones is 1. The van der Waals surface area contributed by atoms with E-state index in [1.807, 2.05) is 19.9 Å². The molecule has 0 spiro atoms. The van der Waals surface area contributed by atoms with Crippen LogP contribution >= 0.6 is 0 Å². The summed E-state index contributed by atoms with van der Waals surface area (Å²) in [6.45, 7) is 5.81. The first-order chi connectivity index (χ1) is 10.3. The first-order valence-electron chi connectivity index (χ1n) is 7.32. The number of aliphatic hydroxyl groups excluding tert-OH is 1. The maximum absolute atomic E-state index is 12.4. The SMILES string of the molecule is CC(OCC(C)(C)CO)C(=O)c1ccc2cc(O)ccc2c1.[Na+]. The minimum absolute atomic E-state index is 0. The Bertz CT molecular complexity index is 682. The number of ether oxygens (including phenoxy) is 1. The first kappa shape index (κ1) is 20.1. The molecule has 1 atom stereocenters. The van der Waals surface area contributed by atoms with E-state index < -0.39 is 6.10 Å². The third-order valence-electron chi connectivity index (χ3n) is 3.63. The summed E-state index contributed by atoms with van der Waals surface area (Å²) in [6, 6.07) is 10.4. The summed E-state index contributed by atoms with van der Waals surface area (Å²) >= 11 is 0. The fourth-order valence-electron chi connectivity index (χ4n) is 2.09. The molecule has 23 heavy (non-hydrogen) atoms. The van der Waals surface area contributed by atoms with Gasteiger partial charge in [-0.05, 0) is 35.9 Å². The Morgan fingerprint density at radius 2 is 1.78 bits per heavy atom. The maximum atomic E-state index is 12.4. The van der Waals surface area contributed by atoms with Crippen LogP contribution < -0.4 is 29.6 Å². The van der Waals surface area contributed by atoms with Crippen molar-refractivity contribution in [3.8, 4) is 5.75 Å². The second kappa shape index (κ2) is 8.27. The Labute approximate surface area is 158 Å². The van der Waals surface area contributed by atoms with Gasteiger partial charge in [0.05, 0.1) is 13.2 Å². The van der Waals surface area contributed by atoms with Gasteiger partial charge in [0.2, 0.25) is 0 Å². The van der Waals surface area contributed by atoms with Gasteiger partial charge in [-0.1, -0.05) is 32.0 Å². The number of hydrogen-bond donors (Lipinski definition) is 2. The molecule has 0 aliphatic rings. The van der Waals surface area contributed by atoms with E-state index in [4.69, 9.17) is 4.74 Å². The van der Waals surface area contributed by atoms with Crippen molar-refractivity contribution >= 4 is 16.6 Å². The largest absolute Gasteiger partial charge is 1.00 e. The van der Waals surface area contributed by atoms with E-state index in [-0.39, 0.29) is 53.1 Å². The topological polar surface area (TPSA) is 66.8 Å². The van der Waals surface area contributed by atoms with E-state index >= 15 is 0 Å². The van der Waals surface area contributed by atoms with Crippen molar-refractivity contribution < 1.29 is 49.3 Å². The molecule has 0 saturated carbocycles. The van der Waals surface area contributed by atoms with E-state index in [1.54, 1.807) is 37.3 Å². The smallest absolute Gasteiger partial charge is 0.508 e. The van der Waals surface area contributed by atoms with Crippen LogP contribution in [0.2, 0.25) is 0 Å². The van der Waals surface area contributed by atoms with Gasteiger partial charge in [-0.3, -0.25) is 4.79 Å². The number of aliphatic hydroxyl groups is 1. The molecular weight excluding hydrogens is 303 g/mol. The van der Waals surface area contributed by atoms with E-state index in [0.29, 0.717) is 12.2 Å². The maximum Gasteiger partial charge on any atom is 1.00 e. The predicted molar refractivity (Wildman–Crippen MR) is 86.2 cm³/mol. The molecule has 0 fully saturated rings. The molecule has 4 nitrogen and oxygen atoms in total. The number of rotatable bonds is 6. The van der Waals surface area contributed by atoms with Crippen LogP contribution in [0.3, 0.4) is 0 Å². The molecule has 1 unspecified atom stereocenters. The zero-order chi connectivity index (χ0) is 16.3. The number of carbonyl (C=O) groups is 1. The molecule has 118 valence electrons. The Balaban J connectivity index is 0.00000264. The molecule has 0 aliphatic heterocycles.